The monoisotopic (exact) mass is 558 g/mol. The van der Waals surface area contributed by atoms with Gasteiger partial charge in [0.2, 0.25) is 0 Å². The zero-order chi connectivity index (χ0) is 22.2. The molecule has 17 heteroatoms. The second kappa shape index (κ2) is 11.5. The van der Waals surface area contributed by atoms with Crippen molar-refractivity contribution in [2.45, 2.75) is 11.0 Å². The van der Waals surface area contributed by atoms with Gasteiger partial charge in [-0.2, -0.15) is 43.2 Å². The quantitative estimate of drug-likeness (QED) is 0.237. The molecule has 29 heavy (non-hydrogen) atoms. The molecule has 0 saturated carbocycles. The molecular weight excluding hydrogens is 547 g/mol. The average molecular weight is 557 g/mol. The van der Waals surface area contributed by atoms with E-state index in [9.17, 15) is 26.3 Å². The normalized spacial score (nSPS) is 11.7. The van der Waals surface area contributed by atoms with Crippen molar-refractivity contribution in [3.05, 3.63) is 48.8 Å². The Hall–Kier alpha value is -1.68. The second-order valence-corrected chi connectivity index (χ2v) is 7.10. The Labute approximate surface area is 173 Å². The van der Waals surface area contributed by atoms with Crippen LogP contribution in [0.3, 0.4) is 0 Å². The van der Waals surface area contributed by atoms with E-state index in [4.69, 9.17) is 25.9 Å². The van der Waals surface area contributed by atoms with Crippen LogP contribution in [0.2, 0.25) is 0 Å². The molecule has 0 amide bonds. The predicted molar refractivity (Wildman–Crippen MR) is 82.7 cm³/mol. The molecular formula is C12H10F6N2O6RuS2. The van der Waals surface area contributed by atoms with E-state index in [-0.39, 0.29) is 19.5 Å². The van der Waals surface area contributed by atoms with Crippen LogP contribution in [-0.2, 0) is 39.7 Å². The molecule has 0 spiro atoms. The molecule has 0 aromatic carbocycles. The molecule has 2 N–H and O–H groups in total. The molecule has 0 aliphatic rings. The zero-order valence-corrected chi connectivity index (χ0v) is 16.8. The van der Waals surface area contributed by atoms with Gasteiger partial charge in [0.15, 0.2) is 0 Å². The molecule has 0 fully saturated rings. The first-order valence-electron chi connectivity index (χ1n) is 6.36. The standard InChI is InChI=1S/C10H8N2.2CHF3O3S.Ru/c1-3-7-11-9(5-1)10-6-2-4-8-12-10;2*2-1(3,4)8(5,6)7;/h1-8H;2*(H,5,6,7);. The first-order chi connectivity index (χ1) is 12.5. The molecule has 0 saturated heterocycles. The fourth-order valence-electron chi connectivity index (χ4n) is 1.03. The summed E-state index contributed by atoms with van der Waals surface area (Å²) in [7, 11) is -11.7. The smallest absolute Gasteiger partial charge is 0.279 e. The van der Waals surface area contributed by atoms with Crippen LogP contribution in [0.5, 0.6) is 0 Å². The van der Waals surface area contributed by atoms with E-state index in [1.54, 1.807) is 12.4 Å². The Morgan fingerprint density at radius 2 is 0.897 bits per heavy atom. The van der Waals surface area contributed by atoms with Crippen molar-refractivity contribution >= 4 is 20.2 Å². The van der Waals surface area contributed by atoms with Gasteiger partial charge in [-0.3, -0.25) is 19.1 Å². The van der Waals surface area contributed by atoms with Gasteiger partial charge in [0.05, 0.1) is 11.4 Å². The van der Waals surface area contributed by atoms with Crippen molar-refractivity contribution in [2.75, 3.05) is 0 Å². The van der Waals surface area contributed by atoms with E-state index >= 15 is 0 Å². The van der Waals surface area contributed by atoms with Crippen molar-refractivity contribution < 1.29 is 71.8 Å². The SMILES string of the molecule is O=S(=O)(O)C(F)(F)F.O=S(=O)(O)C(F)(F)F.[Ru].c1ccc(-c2ccccn2)nc1. The van der Waals surface area contributed by atoms with Crippen LogP contribution in [0.15, 0.2) is 48.8 Å². The Morgan fingerprint density at radius 3 is 1.03 bits per heavy atom. The summed E-state index contributed by atoms with van der Waals surface area (Å²) < 4.78 is 115. The minimum absolute atomic E-state index is 0. The number of rotatable bonds is 1. The number of hydrogen-bond acceptors (Lipinski definition) is 6. The molecule has 0 aliphatic carbocycles. The summed E-state index contributed by atoms with van der Waals surface area (Å²) in [5.41, 5.74) is -9.24. The molecule has 8 nitrogen and oxygen atoms in total. The average Bonchev–Trinajstić information content (AvgIpc) is 2.54. The first kappa shape index (κ1) is 29.5. The topological polar surface area (TPSA) is 135 Å². The predicted octanol–water partition coefficient (Wildman–Crippen LogP) is 2.93. The van der Waals surface area contributed by atoms with Gasteiger partial charge in [-0.05, 0) is 24.3 Å². The number of aromatic nitrogens is 2. The van der Waals surface area contributed by atoms with Gasteiger partial charge in [0.25, 0.3) is 0 Å². The number of pyridine rings is 2. The maximum atomic E-state index is 10.7. The molecule has 0 unspecified atom stereocenters. The molecule has 0 radical (unpaired) electrons. The molecule has 2 heterocycles. The fourth-order valence-corrected chi connectivity index (χ4v) is 1.03. The second-order valence-electron chi connectivity index (χ2n) is 4.27. The molecule has 2 aromatic heterocycles. The van der Waals surface area contributed by atoms with Gasteiger partial charge in [-0.1, -0.05) is 12.1 Å². The van der Waals surface area contributed by atoms with E-state index in [1.165, 1.54) is 0 Å². The third kappa shape index (κ3) is 11.8. The molecule has 0 bridgehead atoms. The first-order valence-corrected chi connectivity index (χ1v) is 9.25. The number of alkyl halides is 6. The summed E-state index contributed by atoms with van der Waals surface area (Å²) in [6, 6.07) is 11.6. The van der Waals surface area contributed by atoms with Crippen LogP contribution in [-0.4, -0.2) is 46.9 Å². The summed E-state index contributed by atoms with van der Waals surface area (Å²) >= 11 is 0. The van der Waals surface area contributed by atoms with Crippen LogP contribution in [0.25, 0.3) is 11.4 Å². The van der Waals surface area contributed by atoms with Gasteiger partial charge in [0.1, 0.15) is 0 Å². The molecule has 0 aliphatic heterocycles. The van der Waals surface area contributed by atoms with Crippen molar-refractivity contribution in [3.63, 3.8) is 0 Å². The number of hydrogen-bond donors (Lipinski definition) is 2. The van der Waals surface area contributed by atoms with Crippen LogP contribution < -0.4 is 0 Å². The minimum Gasteiger partial charge on any atom is -0.279 e. The molecule has 2 aromatic rings. The fraction of sp³-hybridized carbons (Fsp3) is 0.167. The van der Waals surface area contributed by atoms with E-state index in [2.05, 4.69) is 9.97 Å². The van der Waals surface area contributed by atoms with Crippen LogP contribution in [0, 0.1) is 0 Å². The Balaban J connectivity index is 0. The van der Waals surface area contributed by atoms with Gasteiger partial charge in [-0.25, -0.2) is 0 Å². The Bertz CT molecular complexity index is 859. The van der Waals surface area contributed by atoms with Gasteiger partial charge >= 0.3 is 31.3 Å². The third-order valence-electron chi connectivity index (χ3n) is 2.18. The summed E-state index contributed by atoms with van der Waals surface area (Å²) in [4.78, 5) is 8.37. The van der Waals surface area contributed by atoms with Gasteiger partial charge in [-0.15, -0.1) is 0 Å². The van der Waals surface area contributed by atoms with E-state index in [0.717, 1.165) is 11.4 Å². The van der Waals surface area contributed by atoms with Crippen LogP contribution in [0.4, 0.5) is 26.3 Å². The summed E-state index contributed by atoms with van der Waals surface area (Å²) in [5.74, 6) is 0. The van der Waals surface area contributed by atoms with Crippen LogP contribution in [0.1, 0.15) is 0 Å². The largest absolute Gasteiger partial charge is 0.522 e. The van der Waals surface area contributed by atoms with E-state index in [0.29, 0.717) is 0 Å². The number of halogens is 6. The van der Waals surface area contributed by atoms with Crippen molar-refractivity contribution in [1.82, 2.24) is 9.97 Å². The summed E-state index contributed by atoms with van der Waals surface area (Å²) in [6.45, 7) is 0. The third-order valence-corrected chi connectivity index (χ3v) is 3.35. The summed E-state index contributed by atoms with van der Waals surface area (Å²) in [5, 5.41) is 0. The van der Waals surface area contributed by atoms with E-state index < -0.39 is 31.3 Å². The maximum Gasteiger partial charge on any atom is 0.522 e. The van der Waals surface area contributed by atoms with Crippen molar-refractivity contribution in [1.29, 1.82) is 0 Å². The number of nitrogens with zero attached hydrogens (tertiary/aromatic N) is 2. The molecule has 0 atom stereocenters. The van der Waals surface area contributed by atoms with Gasteiger partial charge in [0, 0.05) is 31.9 Å². The minimum atomic E-state index is -5.84. The van der Waals surface area contributed by atoms with E-state index in [1.807, 2.05) is 36.4 Å². The van der Waals surface area contributed by atoms with Crippen molar-refractivity contribution in [3.8, 4) is 11.4 Å². The summed E-state index contributed by atoms with van der Waals surface area (Å²) in [6.07, 6.45) is 3.54. The zero-order valence-electron chi connectivity index (χ0n) is 13.5. The van der Waals surface area contributed by atoms with Crippen molar-refractivity contribution in [2.24, 2.45) is 0 Å². The Morgan fingerprint density at radius 1 is 0.655 bits per heavy atom. The molecule has 2 rings (SSSR count). The van der Waals surface area contributed by atoms with Crippen LogP contribution >= 0.6 is 0 Å². The maximum absolute atomic E-state index is 10.7. The molecule has 166 valence electrons. The Kier molecular flexibility index (Phi) is 11.7. The van der Waals surface area contributed by atoms with Gasteiger partial charge < -0.3 is 0 Å².